The van der Waals surface area contributed by atoms with Gasteiger partial charge < -0.3 is 81.0 Å². The number of hydrogen-bond donors (Lipinski definition) is 11. The van der Waals surface area contributed by atoms with Crippen molar-refractivity contribution in [2.45, 2.75) is 196 Å². The number of anilines is 2. The monoisotopic (exact) mass is 1980 g/mol. The Bertz CT molecular complexity index is 7220. The van der Waals surface area contributed by atoms with Crippen molar-refractivity contribution in [1.29, 1.82) is 0 Å². The highest BCUT2D eigenvalue weighted by Gasteiger charge is 2.31. The Hall–Kier alpha value is -13.7. The van der Waals surface area contributed by atoms with Gasteiger partial charge in [0.15, 0.2) is 28.0 Å². The van der Waals surface area contributed by atoms with Crippen molar-refractivity contribution in [3.05, 3.63) is 206 Å². The Balaban J connectivity index is 0.000000213. The molecule has 0 fully saturated rings. The summed E-state index contributed by atoms with van der Waals surface area (Å²) in [6.45, 7) is 34.6. The van der Waals surface area contributed by atoms with Crippen LogP contribution in [0.5, 0.6) is 0 Å². The second kappa shape index (κ2) is 43.6. The summed E-state index contributed by atoms with van der Waals surface area (Å²) < 4.78 is 39.8. The van der Waals surface area contributed by atoms with Gasteiger partial charge >= 0.3 is 59.2 Å². The highest BCUT2D eigenvalue weighted by molar-refractivity contribution is 6.36. The summed E-state index contributed by atoms with van der Waals surface area (Å²) in [6, 6.07) is 21.4. The number of H-pyrrole nitrogens is 4. The number of nitrogens with two attached hydrogens (primary N) is 3. The Morgan fingerprint density at radius 1 is 0.460 bits per heavy atom. The standard InChI is InChI=1S/C29H37ClN6O6.C19H21ClN6O2.C14H15Cl2NO2.C14H21N5O4.C9H17NO4.C5H8N4O2/c1-16(14-31-25(38)41-28(2,3)4)22-32-23-21(33(22)8)24(37)35(26(39)34(23)9)15-17-13-18-19(30)11-10-12-20(18)36(17)27(40)42-29(5,6)7;1-10(8-21)16-23-17-15(24(16)2)18(27)26(19(28)25(17)3)9-11-7-12-13(20)5-4-6-14(12)22-11;1-14(2,3)19-13(18)17-9(8-15)7-10-11(16)5-4-6-12(10)17;1-7(6-15-13(22)23-14(2,3)4)9-16-8-10(17-9)19(5)12(21)18-11(8)20;1-6(7(11)12)5-10-8(13)14-9(2,3)4;1-9-3(7)2(6)4(10)8-5(9)11/h10-13,16H,14-15H2,1-9H3,(H,31,38);4-7,10,22H,8-9,21H2,1-3H3;4-7H,8H2,1-3H3;7H,6H2,1-5H3,(H,15,22)(H,16,17)(H,18,20,21);6H,5H2,1-4H3,(H,10,13)(H,11,12);6-7H2,1H3,(H,8,10,11). The smallest absolute Gasteiger partial charge is 0.419 e. The number of rotatable bonds is 16. The summed E-state index contributed by atoms with van der Waals surface area (Å²) in [5.41, 5.74) is 14.2. The molecule has 47 heteroatoms. The lowest BCUT2D eigenvalue weighted by molar-refractivity contribution is -0.140. The molecule has 13 rings (SSSR count). The Labute approximate surface area is 803 Å². The molecule has 0 saturated carbocycles. The van der Waals surface area contributed by atoms with Crippen molar-refractivity contribution in [3.63, 3.8) is 0 Å². The zero-order valence-corrected chi connectivity index (χ0v) is 84.0. The number of ether oxygens (including phenoxy) is 5. The van der Waals surface area contributed by atoms with Crippen LogP contribution in [-0.2, 0) is 89.7 Å². The van der Waals surface area contributed by atoms with Crippen molar-refractivity contribution in [2.75, 3.05) is 37.6 Å². The minimum absolute atomic E-state index is 0.0150. The number of alkyl halides is 1. The molecule has 0 aliphatic heterocycles. The molecule has 0 bridgehead atoms. The summed E-state index contributed by atoms with van der Waals surface area (Å²) in [4.78, 5) is 193. The van der Waals surface area contributed by atoms with Gasteiger partial charge in [-0.25, -0.2) is 67.2 Å². The predicted molar refractivity (Wildman–Crippen MR) is 526 cm³/mol. The van der Waals surface area contributed by atoms with E-state index in [9.17, 15) is 67.1 Å². The molecule has 0 saturated heterocycles. The third-order valence-corrected chi connectivity index (χ3v) is 21.6. The molecule has 0 radical (unpaired) electrons. The van der Waals surface area contributed by atoms with E-state index >= 15 is 0 Å². The lowest BCUT2D eigenvalue weighted by atomic mass is 10.1. The lowest BCUT2D eigenvalue weighted by Gasteiger charge is -2.21. The maximum atomic E-state index is 13.8. The van der Waals surface area contributed by atoms with Gasteiger partial charge in [0.25, 0.3) is 22.2 Å². The van der Waals surface area contributed by atoms with E-state index in [-0.39, 0.29) is 95.7 Å². The number of imidazole rings is 3. The van der Waals surface area contributed by atoms with Crippen LogP contribution in [-0.4, -0.2) is 176 Å². The number of halogens is 4. The van der Waals surface area contributed by atoms with Crippen LogP contribution in [0, 0.1) is 5.92 Å². The van der Waals surface area contributed by atoms with Gasteiger partial charge in [0.1, 0.15) is 62.5 Å². The molecule has 0 spiro atoms. The number of nitrogen functional groups attached to an aromatic ring is 2. The van der Waals surface area contributed by atoms with E-state index in [1.54, 1.807) is 156 Å². The SMILES string of the molecule is CC(C)(C)OC(=O)n1c(CCl)cc2c(Cl)cccc21.CC(CN)c1nc2c(c(=O)n(Cc3cc4c(Cl)cccc4[nH]3)c(=O)n2C)n1C.CC(CNC(=O)OC(C)(C)C)C(=O)O.CC(CNC(=O)OC(C)(C)C)c1nc2c([nH]1)c(=O)[nH]c(=O)n2C.CC(CNC(=O)OC(C)(C)C)c1nc2c(c(=O)n(Cc3cc4c(Cl)cccc4n3C(=O)OC(C)(C)C)c(=O)n2C)n1C.Cn1c(N)c(N)c(=O)[nH]c1=O. The molecule has 4 atom stereocenters. The van der Waals surface area contributed by atoms with E-state index in [1.807, 2.05) is 76.9 Å². The number of carboxylic acids is 1. The minimum atomic E-state index is -0.943. The molecule has 13 aromatic rings. The van der Waals surface area contributed by atoms with E-state index in [4.69, 9.17) is 92.4 Å². The number of aryl methyl sites for hydroxylation is 5. The van der Waals surface area contributed by atoms with Gasteiger partial charge in [0.05, 0.1) is 41.6 Å². The maximum absolute atomic E-state index is 13.8. The number of alkyl carbamates (subject to hydrolysis) is 3. The highest BCUT2D eigenvalue weighted by Crippen LogP contribution is 2.32. The molecular formula is C90H119Cl4N23O20. The van der Waals surface area contributed by atoms with Crippen LogP contribution in [0.25, 0.3) is 66.2 Å². The van der Waals surface area contributed by atoms with Gasteiger partial charge in [-0.3, -0.25) is 61.3 Å². The number of amides is 3. The van der Waals surface area contributed by atoms with Gasteiger partial charge in [-0.05, 0) is 158 Å². The normalized spacial score (nSPS) is 12.6. The molecule has 10 heterocycles. The largest absolute Gasteiger partial charge is 0.481 e. The van der Waals surface area contributed by atoms with Crippen LogP contribution < -0.4 is 78.1 Å². The van der Waals surface area contributed by atoms with Gasteiger partial charge in [0.2, 0.25) is 0 Å². The number of carbonyl (C=O) groups excluding carboxylic acids is 5. The van der Waals surface area contributed by atoms with E-state index in [1.165, 1.54) is 55.5 Å². The molecule has 3 amide bonds. The minimum Gasteiger partial charge on any atom is -0.481 e. The fourth-order valence-electron chi connectivity index (χ4n) is 13.5. The number of carboxylic acid groups (broad SMARTS) is 1. The lowest BCUT2D eigenvalue weighted by Crippen LogP contribution is -2.40. The molecular weight excluding hydrogens is 1860 g/mol. The maximum Gasteiger partial charge on any atom is 0.419 e. The quantitative estimate of drug-likeness (QED) is 0.0316. The van der Waals surface area contributed by atoms with E-state index in [0.717, 1.165) is 31.1 Å². The van der Waals surface area contributed by atoms with Crippen molar-refractivity contribution in [1.82, 2.24) is 96.5 Å². The zero-order valence-electron chi connectivity index (χ0n) is 80.9. The fourth-order valence-corrected chi connectivity index (χ4v) is 14.4. The van der Waals surface area contributed by atoms with Crippen LogP contribution in [0.1, 0.15) is 184 Å². The number of nitrogens with zero attached hydrogens (tertiary/aromatic N) is 13. The average molecular weight is 1980 g/mol. The number of aromatic nitrogens is 17. The van der Waals surface area contributed by atoms with E-state index in [2.05, 4.69) is 45.9 Å². The summed E-state index contributed by atoms with van der Waals surface area (Å²) >= 11 is 24.7. The van der Waals surface area contributed by atoms with Crippen molar-refractivity contribution in [2.24, 2.45) is 53.9 Å². The second-order valence-electron chi connectivity index (χ2n) is 37.3. The van der Waals surface area contributed by atoms with Crippen LogP contribution in [0.15, 0.2) is 111 Å². The zero-order chi connectivity index (χ0) is 103. The predicted octanol–water partition coefficient (Wildman–Crippen LogP) is 11.0. The number of aliphatic carboxylic acids is 1. The number of fused-ring (bicyclic) bond motifs is 6. The molecule has 10 aromatic heterocycles. The van der Waals surface area contributed by atoms with Gasteiger partial charge in [-0.1, -0.05) is 80.7 Å². The van der Waals surface area contributed by atoms with Crippen molar-refractivity contribution in [3.8, 4) is 0 Å². The number of aromatic amines is 4. The first-order valence-electron chi connectivity index (χ1n) is 43.0. The van der Waals surface area contributed by atoms with Crippen molar-refractivity contribution < 1.29 is 57.6 Å². The van der Waals surface area contributed by atoms with Crippen molar-refractivity contribution >= 4 is 161 Å². The molecule has 137 heavy (non-hydrogen) atoms. The molecule has 4 unspecified atom stereocenters. The van der Waals surface area contributed by atoms with Crippen LogP contribution >= 0.6 is 46.4 Å². The first-order chi connectivity index (χ1) is 63.4. The molecule has 43 nitrogen and oxygen atoms in total. The number of nitrogens with one attached hydrogen (secondary N) is 7. The van der Waals surface area contributed by atoms with Crippen LogP contribution in [0.4, 0.5) is 35.5 Å². The molecule has 3 aromatic carbocycles. The van der Waals surface area contributed by atoms with Gasteiger partial charge in [-0.15, -0.1) is 11.6 Å². The molecule has 0 aliphatic rings. The van der Waals surface area contributed by atoms with Gasteiger partial charge in [0, 0.05) is 134 Å². The first-order valence-corrected chi connectivity index (χ1v) is 44.6. The summed E-state index contributed by atoms with van der Waals surface area (Å²) in [7, 11) is 9.55. The molecule has 0 aliphatic carbocycles. The molecule has 14 N–H and O–H groups in total. The summed E-state index contributed by atoms with van der Waals surface area (Å²) in [5, 5.41) is 20.1. The van der Waals surface area contributed by atoms with Crippen LogP contribution in [0.2, 0.25) is 15.1 Å². The fraction of sp³-hybridized carbons (Fsp3) is 0.456. The Morgan fingerprint density at radius 2 is 0.861 bits per heavy atom. The number of hydrogen-bond acceptors (Lipinski definition) is 25. The van der Waals surface area contributed by atoms with Gasteiger partial charge in [-0.2, -0.15) is 0 Å². The second-order valence-corrected chi connectivity index (χ2v) is 38.8. The number of carbonyl (C=O) groups is 6. The third kappa shape index (κ3) is 27.0. The molecule has 742 valence electrons. The Kier molecular flexibility index (Phi) is 34.6. The highest BCUT2D eigenvalue weighted by atomic mass is 35.5. The van der Waals surface area contributed by atoms with Crippen LogP contribution in [0.3, 0.4) is 0 Å². The first kappa shape index (κ1) is 109. The summed E-state index contributed by atoms with van der Waals surface area (Å²) in [6.07, 6.45) is -2.78. The Morgan fingerprint density at radius 3 is 1.30 bits per heavy atom. The summed E-state index contributed by atoms with van der Waals surface area (Å²) in [5.74, 6) is -0.203. The van der Waals surface area contributed by atoms with E-state index < -0.39 is 110 Å². The average Bonchev–Trinajstić information content (AvgIpc) is 1.59. The third-order valence-electron chi connectivity index (χ3n) is 20.3. The topological polar surface area (TPSA) is 571 Å². The number of benzene rings is 3. The van der Waals surface area contributed by atoms with E-state index in [0.29, 0.717) is 78.1 Å².